The second-order valence-electron chi connectivity index (χ2n) is 5.97. The van der Waals surface area contributed by atoms with Gasteiger partial charge in [-0.25, -0.2) is 0 Å². The fourth-order valence-corrected chi connectivity index (χ4v) is 2.89. The van der Waals surface area contributed by atoms with Gasteiger partial charge in [0.2, 0.25) is 5.91 Å². The molecule has 0 N–H and O–H groups in total. The summed E-state index contributed by atoms with van der Waals surface area (Å²) in [5.41, 5.74) is -0.905. The van der Waals surface area contributed by atoms with Crippen molar-refractivity contribution in [3.8, 4) is 6.07 Å². The molecule has 1 atom stereocenters. The summed E-state index contributed by atoms with van der Waals surface area (Å²) in [5, 5.41) is 9.12. The summed E-state index contributed by atoms with van der Waals surface area (Å²) in [6.07, 6.45) is 3.52. The lowest BCUT2D eigenvalue weighted by Crippen LogP contribution is -2.53. The number of hydrogen-bond acceptors (Lipinski definition) is 4. The third-order valence-corrected chi connectivity index (χ3v) is 4.26. The Labute approximate surface area is 115 Å². The van der Waals surface area contributed by atoms with Gasteiger partial charge in [-0.15, -0.1) is 0 Å². The first-order chi connectivity index (χ1) is 9.07. The minimum absolute atomic E-state index is 0.0783. The van der Waals surface area contributed by atoms with Crippen LogP contribution in [-0.2, 0) is 9.53 Å². The Balaban J connectivity index is 1.79. The number of carbonyl (C=O) groups is 1. The maximum Gasteiger partial charge on any atom is 0.247 e. The molecule has 2 aliphatic heterocycles. The van der Waals surface area contributed by atoms with Gasteiger partial charge in [0, 0.05) is 20.1 Å². The predicted molar refractivity (Wildman–Crippen MR) is 71.3 cm³/mol. The molecule has 2 aliphatic rings. The molecule has 2 fully saturated rings. The molecule has 1 unspecified atom stereocenters. The van der Waals surface area contributed by atoms with E-state index in [1.54, 1.807) is 11.9 Å². The fraction of sp³-hybridized carbons (Fsp3) is 0.857. The van der Waals surface area contributed by atoms with Crippen LogP contribution in [-0.4, -0.2) is 62.7 Å². The molecule has 0 aromatic rings. The summed E-state index contributed by atoms with van der Waals surface area (Å²) < 4.78 is 5.03. The number of amides is 1. The van der Waals surface area contributed by atoms with Crippen molar-refractivity contribution in [3.05, 3.63) is 0 Å². The van der Waals surface area contributed by atoms with Crippen molar-refractivity contribution in [1.82, 2.24) is 9.80 Å². The van der Waals surface area contributed by atoms with Crippen molar-refractivity contribution in [2.45, 2.75) is 19.3 Å². The van der Waals surface area contributed by atoms with Crippen LogP contribution in [0.1, 0.15) is 19.3 Å². The molecular weight excluding hydrogens is 242 g/mol. The lowest BCUT2D eigenvalue weighted by molar-refractivity contribution is -0.160. The summed E-state index contributed by atoms with van der Waals surface area (Å²) >= 11 is 0. The van der Waals surface area contributed by atoms with E-state index in [0.717, 1.165) is 19.5 Å². The Hall–Kier alpha value is -1.12. The van der Waals surface area contributed by atoms with E-state index in [9.17, 15) is 4.79 Å². The molecule has 1 amide bonds. The van der Waals surface area contributed by atoms with Crippen molar-refractivity contribution < 1.29 is 9.53 Å². The van der Waals surface area contributed by atoms with E-state index in [1.165, 1.54) is 19.4 Å². The van der Waals surface area contributed by atoms with Crippen LogP contribution in [0, 0.1) is 22.7 Å². The highest BCUT2D eigenvalue weighted by atomic mass is 16.5. The quantitative estimate of drug-likeness (QED) is 0.751. The third kappa shape index (κ3) is 3.07. The summed E-state index contributed by atoms with van der Waals surface area (Å²) in [6, 6.07) is 2.12. The van der Waals surface area contributed by atoms with Crippen molar-refractivity contribution in [2.75, 3.05) is 46.9 Å². The van der Waals surface area contributed by atoms with Gasteiger partial charge in [0.25, 0.3) is 0 Å². The number of carbonyl (C=O) groups excluding carboxylic acids is 1. The Morgan fingerprint density at radius 3 is 2.84 bits per heavy atom. The van der Waals surface area contributed by atoms with E-state index in [-0.39, 0.29) is 19.1 Å². The summed E-state index contributed by atoms with van der Waals surface area (Å²) in [5.74, 6) is 0.593. The molecule has 106 valence electrons. The first kappa shape index (κ1) is 14.3. The number of nitriles is 1. The van der Waals surface area contributed by atoms with E-state index in [1.807, 2.05) is 0 Å². The Bertz CT molecular complexity index is 373. The van der Waals surface area contributed by atoms with Crippen LogP contribution in [0.15, 0.2) is 0 Å². The monoisotopic (exact) mass is 265 g/mol. The molecule has 0 radical (unpaired) electrons. The van der Waals surface area contributed by atoms with Gasteiger partial charge in [-0.2, -0.15) is 5.26 Å². The lowest BCUT2D eigenvalue weighted by Gasteiger charge is -2.37. The van der Waals surface area contributed by atoms with E-state index in [2.05, 4.69) is 18.0 Å². The Morgan fingerprint density at radius 2 is 2.32 bits per heavy atom. The molecule has 0 saturated carbocycles. The lowest BCUT2D eigenvalue weighted by atomic mass is 9.86. The molecule has 0 aliphatic carbocycles. The van der Waals surface area contributed by atoms with Crippen molar-refractivity contribution in [3.63, 3.8) is 0 Å². The zero-order valence-electron chi connectivity index (χ0n) is 11.9. The zero-order valence-corrected chi connectivity index (χ0v) is 11.9. The van der Waals surface area contributed by atoms with Crippen LogP contribution < -0.4 is 0 Å². The van der Waals surface area contributed by atoms with Gasteiger partial charge in [0.05, 0.1) is 19.3 Å². The standard InChI is InChI=1S/C14H23N3O2/c1-16-6-3-4-12(8-16)5-7-17(2)13(18)14(9-15)10-19-11-14/h12H,3-8,10-11H2,1-2H3. The minimum Gasteiger partial charge on any atom is -0.377 e. The summed E-state index contributed by atoms with van der Waals surface area (Å²) in [4.78, 5) is 16.3. The number of rotatable bonds is 4. The average molecular weight is 265 g/mol. The SMILES string of the molecule is CN1CCCC(CCN(C)C(=O)C2(C#N)COC2)C1. The van der Waals surface area contributed by atoms with Gasteiger partial charge in [0.15, 0.2) is 5.41 Å². The van der Waals surface area contributed by atoms with E-state index >= 15 is 0 Å². The van der Waals surface area contributed by atoms with Crippen LogP contribution in [0.5, 0.6) is 0 Å². The van der Waals surface area contributed by atoms with Gasteiger partial charge in [0.1, 0.15) is 0 Å². The molecule has 0 aromatic carbocycles. The summed E-state index contributed by atoms with van der Waals surface area (Å²) in [6.45, 7) is 3.53. The molecule has 0 bridgehead atoms. The van der Waals surface area contributed by atoms with Crippen LogP contribution >= 0.6 is 0 Å². The average Bonchev–Trinajstić information content (AvgIpc) is 2.35. The fourth-order valence-electron chi connectivity index (χ4n) is 2.89. The molecular formula is C14H23N3O2. The largest absolute Gasteiger partial charge is 0.377 e. The number of likely N-dealkylation sites (tertiary alicyclic amines) is 1. The minimum atomic E-state index is -0.905. The Kier molecular flexibility index (Phi) is 4.43. The first-order valence-corrected chi connectivity index (χ1v) is 7.00. The topological polar surface area (TPSA) is 56.6 Å². The molecule has 5 nitrogen and oxygen atoms in total. The van der Waals surface area contributed by atoms with E-state index in [0.29, 0.717) is 5.92 Å². The van der Waals surface area contributed by atoms with Crippen LogP contribution in [0.4, 0.5) is 0 Å². The van der Waals surface area contributed by atoms with Gasteiger partial charge >= 0.3 is 0 Å². The molecule has 19 heavy (non-hydrogen) atoms. The number of hydrogen-bond donors (Lipinski definition) is 0. The predicted octanol–water partition coefficient (Wildman–Crippen LogP) is 0.717. The highest BCUT2D eigenvalue weighted by Gasteiger charge is 2.48. The second-order valence-corrected chi connectivity index (χ2v) is 5.97. The van der Waals surface area contributed by atoms with Crippen molar-refractivity contribution in [2.24, 2.45) is 11.3 Å². The van der Waals surface area contributed by atoms with Crippen molar-refractivity contribution >= 4 is 5.91 Å². The highest BCUT2D eigenvalue weighted by molar-refractivity contribution is 5.86. The molecule has 2 heterocycles. The van der Waals surface area contributed by atoms with Crippen LogP contribution in [0.2, 0.25) is 0 Å². The van der Waals surface area contributed by atoms with Gasteiger partial charge in [-0.1, -0.05) is 0 Å². The smallest absolute Gasteiger partial charge is 0.247 e. The normalized spacial score (nSPS) is 26.3. The molecule has 0 spiro atoms. The van der Waals surface area contributed by atoms with Gasteiger partial charge < -0.3 is 14.5 Å². The Morgan fingerprint density at radius 1 is 1.58 bits per heavy atom. The molecule has 2 rings (SSSR count). The van der Waals surface area contributed by atoms with Crippen LogP contribution in [0.25, 0.3) is 0 Å². The number of nitrogens with zero attached hydrogens (tertiary/aromatic N) is 3. The summed E-state index contributed by atoms with van der Waals surface area (Å²) in [7, 11) is 3.95. The maximum atomic E-state index is 12.2. The molecule has 5 heteroatoms. The van der Waals surface area contributed by atoms with Crippen LogP contribution in [0.3, 0.4) is 0 Å². The van der Waals surface area contributed by atoms with E-state index in [4.69, 9.17) is 10.00 Å². The first-order valence-electron chi connectivity index (χ1n) is 7.00. The van der Waals surface area contributed by atoms with Crippen molar-refractivity contribution in [1.29, 1.82) is 5.26 Å². The van der Waals surface area contributed by atoms with E-state index < -0.39 is 5.41 Å². The third-order valence-electron chi connectivity index (χ3n) is 4.26. The van der Waals surface area contributed by atoms with Gasteiger partial charge in [-0.3, -0.25) is 4.79 Å². The zero-order chi connectivity index (χ0) is 13.9. The molecule has 0 aromatic heterocycles. The number of ether oxygens (including phenoxy) is 1. The second kappa shape index (κ2) is 5.89. The molecule has 2 saturated heterocycles. The highest BCUT2D eigenvalue weighted by Crippen LogP contribution is 2.29. The maximum absolute atomic E-state index is 12.2. The van der Waals surface area contributed by atoms with Gasteiger partial charge in [-0.05, 0) is 38.8 Å². The number of piperidine rings is 1.